The van der Waals surface area contributed by atoms with Crippen molar-refractivity contribution in [2.24, 2.45) is 0 Å². The van der Waals surface area contributed by atoms with Gasteiger partial charge in [0, 0.05) is 32.7 Å². The van der Waals surface area contributed by atoms with Crippen LogP contribution < -0.4 is 9.47 Å². The van der Waals surface area contributed by atoms with Gasteiger partial charge in [-0.25, -0.2) is 9.78 Å². The fraction of sp³-hybridized carbons (Fsp3) is 0.304. The van der Waals surface area contributed by atoms with Gasteiger partial charge in [0.15, 0.2) is 23.8 Å². The van der Waals surface area contributed by atoms with Crippen LogP contribution in [0.4, 0.5) is 0 Å². The Morgan fingerprint density at radius 2 is 1.75 bits per heavy atom. The van der Waals surface area contributed by atoms with Crippen LogP contribution in [0.25, 0.3) is 11.0 Å². The molecule has 2 aromatic carbocycles. The van der Waals surface area contributed by atoms with Crippen LogP contribution in [0.15, 0.2) is 48.7 Å². The van der Waals surface area contributed by atoms with Crippen LogP contribution in [-0.2, 0) is 16.1 Å². The maximum atomic E-state index is 12.5. The molecule has 0 spiro atoms. The number of piperazine rings is 1. The fourth-order valence-electron chi connectivity index (χ4n) is 3.80. The van der Waals surface area contributed by atoms with Crippen molar-refractivity contribution in [3.05, 3.63) is 59.9 Å². The first kappa shape index (κ1) is 20.2. The van der Waals surface area contributed by atoms with Crippen molar-refractivity contribution in [2.45, 2.75) is 6.54 Å². The monoisotopic (exact) mass is 434 g/mol. The molecule has 3 heterocycles. The summed E-state index contributed by atoms with van der Waals surface area (Å²) in [5.74, 6) is 0.676. The first-order valence-corrected chi connectivity index (χ1v) is 10.4. The van der Waals surface area contributed by atoms with Crippen LogP contribution in [0.2, 0.25) is 0 Å². The highest BCUT2D eigenvalue weighted by molar-refractivity contribution is 5.91. The molecule has 0 unspecified atom stereocenters. The molecule has 0 N–H and O–H groups in total. The van der Waals surface area contributed by atoms with E-state index in [0.717, 1.165) is 36.7 Å². The average Bonchev–Trinajstić information content (AvgIpc) is 3.30. The van der Waals surface area contributed by atoms with Crippen molar-refractivity contribution in [2.75, 3.05) is 39.6 Å². The third kappa shape index (κ3) is 4.33. The molecule has 0 atom stereocenters. The minimum atomic E-state index is -0.655. The highest BCUT2D eigenvalue weighted by atomic mass is 16.7. The van der Waals surface area contributed by atoms with Gasteiger partial charge in [-0.1, -0.05) is 18.2 Å². The third-order valence-corrected chi connectivity index (χ3v) is 5.55. The zero-order valence-corrected chi connectivity index (χ0v) is 17.4. The van der Waals surface area contributed by atoms with Crippen LogP contribution in [0.5, 0.6) is 11.5 Å². The van der Waals surface area contributed by atoms with E-state index < -0.39 is 5.97 Å². The number of ether oxygens (including phenoxy) is 3. The normalized spacial score (nSPS) is 15.7. The number of amides is 1. The Labute approximate surface area is 184 Å². The minimum absolute atomic E-state index is 0.0880. The van der Waals surface area contributed by atoms with Crippen molar-refractivity contribution < 1.29 is 23.8 Å². The molecule has 0 bridgehead atoms. The van der Waals surface area contributed by atoms with Crippen molar-refractivity contribution >= 4 is 22.9 Å². The van der Waals surface area contributed by atoms with Gasteiger partial charge in [0.1, 0.15) is 0 Å². The summed E-state index contributed by atoms with van der Waals surface area (Å²) in [6.45, 7) is 3.36. The van der Waals surface area contributed by atoms with Crippen LogP contribution in [-0.4, -0.2) is 71.2 Å². The third-order valence-electron chi connectivity index (χ3n) is 5.55. The van der Waals surface area contributed by atoms with Gasteiger partial charge in [-0.2, -0.15) is 0 Å². The van der Waals surface area contributed by atoms with Gasteiger partial charge >= 0.3 is 5.97 Å². The molecule has 0 saturated carbocycles. The van der Waals surface area contributed by atoms with Crippen LogP contribution in [0.3, 0.4) is 0 Å². The molecule has 164 valence electrons. The Kier molecular flexibility index (Phi) is 5.55. The topological polar surface area (TPSA) is 94.1 Å². The first-order chi connectivity index (χ1) is 15.7. The maximum absolute atomic E-state index is 12.5. The van der Waals surface area contributed by atoms with E-state index in [4.69, 9.17) is 14.2 Å². The Bertz CT molecular complexity index is 1160. The van der Waals surface area contributed by atoms with Gasteiger partial charge in [-0.3, -0.25) is 14.7 Å². The van der Waals surface area contributed by atoms with Gasteiger partial charge in [0.05, 0.1) is 17.2 Å². The van der Waals surface area contributed by atoms with Crippen molar-refractivity contribution in [1.82, 2.24) is 19.8 Å². The summed E-state index contributed by atoms with van der Waals surface area (Å²) >= 11 is 0. The summed E-state index contributed by atoms with van der Waals surface area (Å²) in [4.78, 5) is 37.2. The van der Waals surface area contributed by atoms with Crippen LogP contribution in [0.1, 0.15) is 16.1 Å². The average molecular weight is 434 g/mol. The number of benzene rings is 2. The molecular weight excluding hydrogens is 412 g/mol. The smallest absolute Gasteiger partial charge is 0.359 e. The number of fused-ring (bicyclic) bond motifs is 2. The van der Waals surface area contributed by atoms with E-state index in [0.29, 0.717) is 24.1 Å². The van der Waals surface area contributed by atoms with E-state index in [2.05, 4.69) is 14.9 Å². The van der Waals surface area contributed by atoms with Crippen LogP contribution >= 0.6 is 0 Å². The van der Waals surface area contributed by atoms with E-state index in [9.17, 15) is 9.59 Å². The fourth-order valence-corrected chi connectivity index (χ4v) is 3.80. The lowest BCUT2D eigenvalue weighted by Crippen LogP contribution is -2.49. The van der Waals surface area contributed by atoms with Gasteiger partial charge in [-0.05, 0) is 29.8 Å². The Balaban J connectivity index is 1.10. The number of carbonyl (C=O) groups is 2. The van der Waals surface area contributed by atoms with E-state index >= 15 is 0 Å². The van der Waals surface area contributed by atoms with Crippen LogP contribution in [0, 0.1) is 0 Å². The zero-order chi connectivity index (χ0) is 21.9. The number of carbonyl (C=O) groups excluding carboxylic acids is 2. The minimum Gasteiger partial charge on any atom is -0.454 e. The molecular formula is C23H22N4O5. The number of aromatic nitrogens is 2. The predicted octanol–water partition coefficient (Wildman–Crippen LogP) is 1.86. The summed E-state index contributed by atoms with van der Waals surface area (Å²) in [6.07, 6.45) is 1.37. The number of hydrogen-bond acceptors (Lipinski definition) is 8. The summed E-state index contributed by atoms with van der Waals surface area (Å²) in [6, 6.07) is 13.2. The molecule has 0 aliphatic carbocycles. The molecule has 5 rings (SSSR count). The second kappa shape index (κ2) is 8.80. The van der Waals surface area contributed by atoms with E-state index in [1.807, 2.05) is 36.4 Å². The number of esters is 1. The standard InChI is InChI=1S/C23H22N4O5/c28-22(14-30-23(29)19-12-24-17-3-1-2-4-18(17)25-19)27-9-7-26(8-10-27)13-16-5-6-20-21(11-16)32-15-31-20/h1-6,11-12H,7-10,13-15H2. The highest BCUT2D eigenvalue weighted by Crippen LogP contribution is 2.32. The lowest BCUT2D eigenvalue weighted by molar-refractivity contribution is -0.136. The molecule has 3 aromatic rings. The first-order valence-electron chi connectivity index (χ1n) is 10.4. The molecule has 32 heavy (non-hydrogen) atoms. The quantitative estimate of drug-likeness (QED) is 0.562. The van der Waals surface area contributed by atoms with Crippen molar-refractivity contribution in [3.63, 3.8) is 0 Å². The summed E-state index contributed by atoms with van der Waals surface area (Å²) in [5, 5.41) is 0. The summed E-state index contributed by atoms with van der Waals surface area (Å²) in [5.41, 5.74) is 2.52. The predicted molar refractivity (Wildman–Crippen MR) is 114 cm³/mol. The van der Waals surface area contributed by atoms with E-state index in [1.54, 1.807) is 11.0 Å². The number of para-hydroxylation sites is 2. The van der Waals surface area contributed by atoms with E-state index in [1.165, 1.54) is 6.20 Å². The second-order valence-corrected chi connectivity index (χ2v) is 7.66. The van der Waals surface area contributed by atoms with Gasteiger partial charge in [-0.15, -0.1) is 0 Å². The Hall–Kier alpha value is -3.72. The van der Waals surface area contributed by atoms with Gasteiger partial charge in [0.2, 0.25) is 6.79 Å². The lowest BCUT2D eigenvalue weighted by Gasteiger charge is -2.34. The molecule has 9 nitrogen and oxygen atoms in total. The number of hydrogen-bond donors (Lipinski definition) is 0. The van der Waals surface area contributed by atoms with Crippen molar-refractivity contribution in [3.8, 4) is 11.5 Å². The maximum Gasteiger partial charge on any atom is 0.359 e. The summed E-state index contributed by atoms with van der Waals surface area (Å²) < 4.78 is 16.0. The molecule has 2 aliphatic heterocycles. The molecule has 0 radical (unpaired) electrons. The number of nitrogens with zero attached hydrogens (tertiary/aromatic N) is 4. The van der Waals surface area contributed by atoms with Crippen molar-refractivity contribution in [1.29, 1.82) is 0 Å². The molecule has 1 aromatic heterocycles. The molecule has 2 aliphatic rings. The van der Waals surface area contributed by atoms with E-state index in [-0.39, 0.29) is 25.0 Å². The Morgan fingerprint density at radius 3 is 2.59 bits per heavy atom. The number of rotatable bonds is 5. The largest absolute Gasteiger partial charge is 0.454 e. The summed E-state index contributed by atoms with van der Waals surface area (Å²) in [7, 11) is 0. The highest BCUT2D eigenvalue weighted by Gasteiger charge is 2.23. The van der Waals surface area contributed by atoms with Gasteiger partial charge in [0.25, 0.3) is 5.91 Å². The molecule has 1 saturated heterocycles. The second-order valence-electron chi connectivity index (χ2n) is 7.66. The molecule has 1 amide bonds. The Morgan fingerprint density at radius 1 is 0.969 bits per heavy atom. The van der Waals surface area contributed by atoms with Gasteiger partial charge < -0.3 is 19.1 Å². The lowest BCUT2D eigenvalue weighted by atomic mass is 10.1. The molecule has 9 heteroatoms. The zero-order valence-electron chi connectivity index (χ0n) is 17.4. The molecule has 1 fully saturated rings. The SMILES string of the molecule is O=C(OCC(=O)N1CCN(Cc2ccc3c(c2)OCO3)CC1)c1cnc2ccccc2n1.